The van der Waals surface area contributed by atoms with Gasteiger partial charge in [0.25, 0.3) is 5.56 Å². The summed E-state index contributed by atoms with van der Waals surface area (Å²) in [5, 5.41) is 9.31. The molecule has 104 valence electrons. The van der Waals surface area contributed by atoms with Crippen molar-refractivity contribution in [3.63, 3.8) is 0 Å². The third kappa shape index (κ3) is 1.99. The number of nitrogens with zero attached hydrogens (tertiary/aromatic N) is 1. The number of nitrogens with one attached hydrogen (secondary N) is 2. The molecular formula is C14H10N4O3. The van der Waals surface area contributed by atoms with E-state index < -0.39 is 17.2 Å². The maximum atomic E-state index is 11.8. The second kappa shape index (κ2) is 4.68. The fraction of sp³-hybridized carbons (Fsp3) is 0.0714. The maximum Gasteiger partial charge on any atom is 0.326 e. The molecule has 7 heteroatoms. The average Bonchev–Trinajstić information content (AvgIpc) is 2.48. The van der Waals surface area contributed by atoms with Gasteiger partial charge in [0.1, 0.15) is 11.6 Å². The summed E-state index contributed by atoms with van der Waals surface area (Å²) in [5.41, 5.74) is 5.47. The number of rotatable bonds is 1. The van der Waals surface area contributed by atoms with Crippen molar-refractivity contribution in [3.8, 4) is 11.8 Å². The zero-order chi connectivity index (χ0) is 15.0. The number of hydrogen-bond acceptors (Lipinski definition) is 5. The third-order valence-corrected chi connectivity index (χ3v) is 3.23. The first-order chi connectivity index (χ1) is 10.1. The van der Waals surface area contributed by atoms with Crippen molar-refractivity contribution in [2.45, 2.75) is 5.92 Å². The van der Waals surface area contributed by atoms with Crippen LogP contribution in [0.4, 0.5) is 0 Å². The lowest BCUT2D eigenvalue weighted by Crippen LogP contribution is -2.32. The molecule has 0 aliphatic carbocycles. The molecule has 3 rings (SSSR count). The van der Waals surface area contributed by atoms with Gasteiger partial charge in [-0.15, -0.1) is 0 Å². The van der Waals surface area contributed by atoms with Gasteiger partial charge >= 0.3 is 5.69 Å². The molecule has 1 aliphatic rings. The fourth-order valence-electron chi connectivity index (χ4n) is 2.35. The van der Waals surface area contributed by atoms with Gasteiger partial charge in [0.15, 0.2) is 0 Å². The summed E-state index contributed by atoms with van der Waals surface area (Å²) < 4.78 is 5.19. The molecule has 7 nitrogen and oxygen atoms in total. The predicted octanol–water partition coefficient (Wildman–Crippen LogP) is 0.281. The second-order valence-corrected chi connectivity index (χ2v) is 4.49. The molecule has 1 aliphatic heterocycles. The van der Waals surface area contributed by atoms with Gasteiger partial charge in [0, 0.05) is 0 Å². The summed E-state index contributed by atoms with van der Waals surface area (Å²) in [6, 6.07) is 10.9. The van der Waals surface area contributed by atoms with Crippen LogP contribution in [0.2, 0.25) is 0 Å². The van der Waals surface area contributed by atoms with E-state index in [0.717, 1.165) is 5.56 Å². The molecule has 0 spiro atoms. The van der Waals surface area contributed by atoms with E-state index in [9.17, 15) is 14.9 Å². The Balaban J connectivity index is 2.34. The van der Waals surface area contributed by atoms with Crippen LogP contribution in [0.25, 0.3) is 0 Å². The minimum absolute atomic E-state index is 0.0973. The molecule has 0 amide bonds. The normalized spacial score (nSPS) is 16.8. The Bertz CT molecular complexity index is 887. The van der Waals surface area contributed by atoms with Crippen LogP contribution in [0.15, 0.2) is 51.4 Å². The topological polar surface area (TPSA) is 125 Å². The molecule has 1 aromatic carbocycles. The van der Waals surface area contributed by atoms with E-state index >= 15 is 0 Å². The van der Waals surface area contributed by atoms with E-state index in [1.807, 2.05) is 12.1 Å². The minimum Gasteiger partial charge on any atom is -0.433 e. The number of nitrogens with two attached hydrogens (primary N) is 1. The van der Waals surface area contributed by atoms with Gasteiger partial charge in [0.2, 0.25) is 11.6 Å². The third-order valence-electron chi connectivity index (χ3n) is 3.23. The maximum absolute atomic E-state index is 11.8. The lowest BCUT2D eigenvalue weighted by Gasteiger charge is -2.24. The van der Waals surface area contributed by atoms with Crippen molar-refractivity contribution in [1.29, 1.82) is 5.26 Å². The molecule has 0 bridgehead atoms. The smallest absolute Gasteiger partial charge is 0.326 e. The Labute approximate surface area is 118 Å². The summed E-state index contributed by atoms with van der Waals surface area (Å²) in [5.74, 6) is -0.883. The molecule has 2 heterocycles. The van der Waals surface area contributed by atoms with Gasteiger partial charge in [-0.05, 0) is 5.56 Å². The number of ether oxygens (including phenoxy) is 1. The lowest BCUT2D eigenvalue weighted by atomic mass is 9.87. The molecule has 0 unspecified atom stereocenters. The number of hydrogen-bond donors (Lipinski definition) is 3. The molecule has 21 heavy (non-hydrogen) atoms. The highest BCUT2D eigenvalue weighted by Gasteiger charge is 2.33. The van der Waals surface area contributed by atoms with Crippen LogP contribution in [0.5, 0.6) is 5.75 Å². The van der Waals surface area contributed by atoms with Gasteiger partial charge in [-0.1, -0.05) is 30.3 Å². The van der Waals surface area contributed by atoms with Gasteiger partial charge in [0.05, 0.1) is 11.6 Å². The first-order valence-corrected chi connectivity index (χ1v) is 6.11. The first-order valence-electron chi connectivity index (χ1n) is 6.11. The van der Waals surface area contributed by atoms with Crippen LogP contribution in [0.1, 0.15) is 17.2 Å². The molecule has 0 radical (unpaired) electrons. The van der Waals surface area contributed by atoms with Crippen molar-refractivity contribution in [3.05, 3.63) is 73.9 Å². The van der Waals surface area contributed by atoms with Crippen molar-refractivity contribution in [2.75, 3.05) is 0 Å². The van der Waals surface area contributed by atoms with Crippen molar-refractivity contribution in [1.82, 2.24) is 9.97 Å². The number of benzene rings is 1. The molecule has 1 atom stereocenters. The lowest BCUT2D eigenvalue weighted by molar-refractivity contribution is 0.381. The summed E-state index contributed by atoms with van der Waals surface area (Å²) in [6.07, 6.45) is 0. The van der Waals surface area contributed by atoms with Gasteiger partial charge in [-0.3, -0.25) is 9.78 Å². The van der Waals surface area contributed by atoms with Gasteiger partial charge < -0.3 is 15.5 Å². The fourth-order valence-corrected chi connectivity index (χ4v) is 2.35. The predicted molar refractivity (Wildman–Crippen MR) is 73.4 cm³/mol. The zero-order valence-electron chi connectivity index (χ0n) is 10.7. The molecule has 0 saturated heterocycles. The highest BCUT2D eigenvalue weighted by molar-refractivity contribution is 5.51. The highest BCUT2D eigenvalue weighted by Crippen LogP contribution is 2.38. The number of H-pyrrole nitrogens is 2. The molecule has 4 N–H and O–H groups in total. The first kappa shape index (κ1) is 12.7. The minimum atomic E-state index is -0.686. The van der Waals surface area contributed by atoms with Crippen LogP contribution >= 0.6 is 0 Å². The molecule has 1 aromatic heterocycles. The molecule has 0 saturated carbocycles. The zero-order valence-corrected chi connectivity index (χ0v) is 10.7. The molecule has 2 aromatic rings. The second-order valence-electron chi connectivity index (χ2n) is 4.49. The van der Waals surface area contributed by atoms with E-state index in [1.165, 1.54) is 0 Å². The standard InChI is InChI=1S/C14H10N4O3/c15-6-8-9(7-4-2-1-3-5-7)10-11(21-12(8)16)13(19)18-14(20)17-10/h1-5,9H,16H2,(H2,17,18,19,20)/t9-/m0/s1. The van der Waals surface area contributed by atoms with Crippen LogP contribution < -0.4 is 21.7 Å². The van der Waals surface area contributed by atoms with Crippen LogP contribution in [0, 0.1) is 11.3 Å². The molecule has 0 fully saturated rings. The Kier molecular flexibility index (Phi) is 2.84. The summed E-state index contributed by atoms with van der Waals surface area (Å²) in [6.45, 7) is 0. The number of allylic oxidation sites excluding steroid dienone is 1. The summed E-state index contributed by atoms with van der Waals surface area (Å²) >= 11 is 0. The van der Waals surface area contributed by atoms with Crippen LogP contribution in [-0.4, -0.2) is 9.97 Å². The Morgan fingerprint density at radius 2 is 1.90 bits per heavy atom. The number of aromatic amines is 2. The Hall–Kier alpha value is -3.27. The number of fused-ring (bicyclic) bond motifs is 1. The van der Waals surface area contributed by atoms with E-state index in [0.29, 0.717) is 0 Å². The SMILES string of the molecule is N#CC1=C(N)Oc2c([nH]c(=O)[nH]c2=O)[C@H]1c1ccccc1. The van der Waals surface area contributed by atoms with E-state index in [2.05, 4.69) is 9.97 Å². The summed E-state index contributed by atoms with van der Waals surface area (Å²) in [4.78, 5) is 28.0. The number of nitriles is 1. The van der Waals surface area contributed by atoms with Gasteiger partial charge in [-0.25, -0.2) is 4.79 Å². The van der Waals surface area contributed by atoms with E-state index in [1.54, 1.807) is 24.3 Å². The van der Waals surface area contributed by atoms with Crippen LogP contribution in [-0.2, 0) is 0 Å². The number of aromatic nitrogens is 2. The van der Waals surface area contributed by atoms with E-state index in [4.69, 9.17) is 10.5 Å². The highest BCUT2D eigenvalue weighted by atomic mass is 16.5. The quantitative estimate of drug-likeness (QED) is 0.692. The largest absolute Gasteiger partial charge is 0.433 e. The Morgan fingerprint density at radius 3 is 2.57 bits per heavy atom. The van der Waals surface area contributed by atoms with Crippen molar-refractivity contribution >= 4 is 0 Å². The molecular weight excluding hydrogens is 272 g/mol. The average molecular weight is 282 g/mol. The van der Waals surface area contributed by atoms with E-state index in [-0.39, 0.29) is 22.9 Å². The van der Waals surface area contributed by atoms with Crippen LogP contribution in [0.3, 0.4) is 0 Å². The van der Waals surface area contributed by atoms with Crippen molar-refractivity contribution in [2.24, 2.45) is 5.73 Å². The van der Waals surface area contributed by atoms with Gasteiger partial charge in [-0.2, -0.15) is 5.26 Å². The van der Waals surface area contributed by atoms with Crippen molar-refractivity contribution < 1.29 is 4.74 Å². The monoisotopic (exact) mass is 282 g/mol. The Morgan fingerprint density at radius 1 is 1.19 bits per heavy atom. The summed E-state index contributed by atoms with van der Waals surface area (Å²) in [7, 11) is 0.